The Bertz CT molecular complexity index is 589. The lowest BCUT2D eigenvalue weighted by Gasteiger charge is -2.21. The van der Waals surface area contributed by atoms with E-state index in [2.05, 4.69) is 57.0 Å². The van der Waals surface area contributed by atoms with E-state index in [-0.39, 0.29) is 0 Å². The number of para-hydroxylation sites is 1. The Morgan fingerprint density at radius 1 is 1.11 bits per heavy atom. The molecule has 1 aliphatic rings. The molecule has 1 aromatic carbocycles. The van der Waals surface area contributed by atoms with Gasteiger partial charge in [0.05, 0.1) is 11.2 Å². The molecule has 0 N–H and O–H groups in total. The van der Waals surface area contributed by atoms with Gasteiger partial charge in [0, 0.05) is 35.7 Å². The van der Waals surface area contributed by atoms with Crippen LogP contribution in [-0.2, 0) is 0 Å². The number of aromatic nitrogens is 1. The summed E-state index contributed by atoms with van der Waals surface area (Å²) in [4.78, 5) is 7.14. The highest BCUT2D eigenvalue weighted by Crippen LogP contribution is 2.44. The van der Waals surface area contributed by atoms with Gasteiger partial charge in [-0.1, -0.05) is 39.0 Å². The van der Waals surface area contributed by atoms with Crippen LogP contribution >= 0.6 is 0 Å². The molecule has 0 spiro atoms. The predicted molar refractivity (Wildman–Crippen MR) is 84.1 cm³/mol. The fraction of sp³-hybridized carbons (Fsp3) is 0.471. The zero-order valence-corrected chi connectivity index (χ0v) is 12.9. The minimum atomic E-state index is 0.552. The molecule has 3 rings (SSSR count). The van der Waals surface area contributed by atoms with Gasteiger partial charge in [-0.25, -0.2) is 0 Å². The van der Waals surface area contributed by atoms with Crippen molar-refractivity contribution in [2.75, 3.05) is 11.9 Å². The summed E-state index contributed by atoms with van der Waals surface area (Å²) < 4.78 is 0. The molecule has 2 unspecified atom stereocenters. The van der Waals surface area contributed by atoms with Gasteiger partial charge in [0.1, 0.15) is 0 Å². The van der Waals surface area contributed by atoms with Crippen LogP contribution in [0.25, 0.3) is 10.9 Å². The van der Waals surface area contributed by atoms with Gasteiger partial charge in [0.2, 0.25) is 0 Å². The van der Waals surface area contributed by atoms with Gasteiger partial charge < -0.3 is 4.90 Å². The number of fused-ring (bicyclic) bond motifs is 3. The van der Waals surface area contributed by atoms with Crippen molar-refractivity contribution < 1.29 is 0 Å². The highest BCUT2D eigenvalue weighted by molar-refractivity contribution is 5.95. The smallest absolute Gasteiger partial charge is 0.0726 e. The monoisotopic (exact) mass is 256 g/mol. The molecule has 0 fully saturated rings. The lowest BCUT2D eigenvalue weighted by atomic mass is 9.96. The molecule has 0 aliphatic carbocycles. The van der Waals surface area contributed by atoms with Crippen LogP contribution < -0.4 is 4.90 Å². The number of hydrogen-bond acceptors (Lipinski definition) is 2. The van der Waals surface area contributed by atoms with Crippen LogP contribution in [0.2, 0.25) is 0 Å². The fourth-order valence-corrected chi connectivity index (χ4v) is 3.03. The first-order valence-electron chi connectivity index (χ1n) is 7.23. The Kier molecular flexibility index (Phi) is 3.79. The zero-order valence-electron chi connectivity index (χ0n) is 12.9. The van der Waals surface area contributed by atoms with Crippen molar-refractivity contribution in [1.29, 1.82) is 0 Å². The topological polar surface area (TPSA) is 16.1 Å². The third-order valence-electron chi connectivity index (χ3n) is 4.23. The van der Waals surface area contributed by atoms with Crippen molar-refractivity contribution in [3.63, 3.8) is 0 Å². The van der Waals surface area contributed by atoms with E-state index in [9.17, 15) is 0 Å². The molecule has 0 amide bonds. The Hall–Kier alpha value is -1.57. The molecule has 102 valence electrons. The number of hydrogen-bond donors (Lipinski definition) is 0. The van der Waals surface area contributed by atoms with E-state index in [0.717, 1.165) is 5.52 Å². The second-order valence-corrected chi connectivity index (χ2v) is 5.12. The average Bonchev–Trinajstić information content (AvgIpc) is 2.67. The Morgan fingerprint density at radius 2 is 1.74 bits per heavy atom. The van der Waals surface area contributed by atoms with E-state index in [0.29, 0.717) is 12.0 Å². The molecule has 0 saturated carbocycles. The number of anilines is 1. The summed E-state index contributed by atoms with van der Waals surface area (Å²) in [5.41, 5.74) is 5.10. The maximum Gasteiger partial charge on any atom is 0.0726 e. The normalized spacial score (nSPS) is 21.1. The second kappa shape index (κ2) is 5.20. The standard InChI is InChI=1S/C15H18N2.C2H6/c1-9-11(3)17(4)15-12-7-5-6-8-13(12)16-10(2)14(9)15;1-2/h5-9,11H,1-4H3;1-2H3. The molecule has 0 radical (unpaired) electrons. The summed E-state index contributed by atoms with van der Waals surface area (Å²) in [7, 11) is 2.19. The second-order valence-electron chi connectivity index (χ2n) is 5.12. The summed E-state index contributed by atoms with van der Waals surface area (Å²) in [6.07, 6.45) is 0. The number of likely N-dealkylation sites (N-methyl/N-ethyl adjacent to an activating group) is 1. The summed E-state index contributed by atoms with van der Waals surface area (Å²) >= 11 is 0. The average molecular weight is 256 g/mol. The minimum absolute atomic E-state index is 0.552. The van der Waals surface area contributed by atoms with E-state index in [4.69, 9.17) is 4.98 Å². The molecule has 2 aromatic rings. The quantitative estimate of drug-likeness (QED) is 0.689. The van der Waals surface area contributed by atoms with E-state index in [1.165, 1.54) is 22.3 Å². The van der Waals surface area contributed by atoms with Crippen molar-refractivity contribution >= 4 is 16.6 Å². The number of nitrogens with zero attached hydrogens (tertiary/aromatic N) is 2. The highest BCUT2D eigenvalue weighted by atomic mass is 15.2. The molecular formula is C17H24N2. The molecule has 1 aliphatic heterocycles. The van der Waals surface area contributed by atoms with E-state index >= 15 is 0 Å². The number of aryl methyl sites for hydroxylation is 1. The lowest BCUT2D eigenvalue weighted by molar-refractivity contribution is 0.623. The summed E-state index contributed by atoms with van der Waals surface area (Å²) in [5.74, 6) is 0.562. The summed E-state index contributed by atoms with van der Waals surface area (Å²) in [5, 5.41) is 1.28. The maximum absolute atomic E-state index is 4.74. The van der Waals surface area contributed by atoms with E-state index in [1.807, 2.05) is 13.8 Å². The van der Waals surface area contributed by atoms with Gasteiger partial charge in [0.25, 0.3) is 0 Å². The van der Waals surface area contributed by atoms with Gasteiger partial charge in [-0.3, -0.25) is 4.98 Å². The van der Waals surface area contributed by atoms with Crippen LogP contribution in [0.5, 0.6) is 0 Å². The molecule has 19 heavy (non-hydrogen) atoms. The van der Waals surface area contributed by atoms with Gasteiger partial charge in [-0.05, 0) is 19.9 Å². The van der Waals surface area contributed by atoms with Crippen molar-refractivity contribution in [3.05, 3.63) is 35.5 Å². The predicted octanol–water partition coefficient (Wildman–Crippen LogP) is 4.51. The van der Waals surface area contributed by atoms with Gasteiger partial charge in [0.15, 0.2) is 0 Å². The highest BCUT2D eigenvalue weighted by Gasteiger charge is 2.33. The van der Waals surface area contributed by atoms with Crippen LogP contribution in [0.4, 0.5) is 5.69 Å². The zero-order chi connectivity index (χ0) is 14.2. The Labute approximate surface area is 116 Å². The third-order valence-corrected chi connectivity index (χ3v) is 4.23. The van der Waals surface area contributed by atoms with Gasteiger partial charge >= 0.3 is 0 Å². The Morgan fingerprint density at radius 3 is 2.42 bits per heavy atom. The summed E-state index contributed by atoms with van der Waals surface area (Å²) in [6.45, 7) is 10.7. The lowest BCUT2D eigenvalue weighted by Crippen LogP contribution is -2.26. The van der Waals surface area contributed by atoms with Gasteiger partial charge in [-0.2, -0.15) is 0 Å². The first kappa shape index (κ1) is 13.9. The molecule has 0 bridgehead atoms. The van der Waals surface area contributed by atoms with Crippen LogP contribution in [0.3, 0.4) is 0 Å². The van der Waals surface area contributed by atoms with Crippen molar-refractivity contribution in [2.24, 2.45) is 0 Å². The van der Waals surface area contributed by atoms with E-state index in [1.54, 1.807) is 0 Å². The summed E-state index contributed by atoms with van der Waals surface area (Å²) in [6, 6.07) is 8.99. The molecule has 2 heterocycles. The van der Waals surface area contributed by atoms with Gasteiger partial charge in [-0.15, -0.1) is 0 Å². The third kappa shape index (κ3) is 1.99. The fourth-order valence-electron chi connectivity index (χ4n) is 3.03. The molecule has 1 aromatic heterocycles. The molecule has 2 nitrogen and oxygen atoms in total. The number of pyridine rings is 1. The van der Waals surface area contributed by atoms with Crippen molar-refractivity contribution in [1.82, 2.24) is 4.98 Å². The van der Waals surface area contributed by atoms with Crippen molar-refractivity contribution in [2.45, 2.75) is 46.6 Å². The SMILES string of the molecule is CC.Cc1nc2ccccc2c2c1C(C)C(C)N2C. The van der Waals surface area contributed by atoms with Crippen LogP contribution in [0, 0.1) is 6.92 Å². The van der Waals surface area contributed by atoms with Crippen LogP contribution in [-0.4, -0.2) is 18.1 Å². The van der Waals surface area contributed by atoms with E-state index < -0.39 is 0 Å². The van der Waals surface area contributed by atoms with Crippen LogP contribution in [0.1, 0.15) is 44.9 Å². The first-order chi connectivity index (χ1) is 9.11. The first-order valence-corrected chi connectivity index (χ1v) is 7.23. The Balaban J connectivity index is 0.000000637. The largest absolute Gasteiger partial charge is 0.370 e. The number of benzene rings is 1. The molecular weight excluding hydrogens is 232 g/mol. The minimum Gasteiger partial charge on any atom is -0.370 e. The van der Waals surface area contributed by atoms with Crippen molar-refractivity contribution in [3.8, 4) is 0 Å². The molecule has 2 heteroatoms. The van der Waals surface area contributed by atoms with Crippen LogP contribution in [0.15, 0.2) is 24.3 Å². The molecule has 0 saturated heterocycles. The number of rotatable bonds is 0. The molecule has 2 atom stereocenters. The maximum atomic E-state index is 4.74.